The summed E-state index contributed by atoms with van der Waals surface area (Å²) in [5.74, 6) is 0.327. The first kappa shape index (κ1) is 18.0. The molecule has 1 unspecified atom stereocenters. The van der Waals surface area contributed by atoms with Crippen LogP contribution >= 0.6 is 11.6 Å². The monoisotopic (exact) mass is 336 g/mol. The van der Waals surface area contributed by atoms with Crippen LogP contribution < -0.4 is 0 Å². The third-order valence-corrected chi connectivity index (χ3v) is 5.57. The third-order valence-electron chi connectivity index (χ3n) is 3.18. The Morgan fingerprint density at radius 3 is 2.55 bits per heavy atom. The van der Waals surface area contributed by atoms with Crippen molar-refractivity contribution in [2.75, 3.05) is 32.1 Å². The Labute approximate surface area is 123 Å². The molecule has 0 aromatic rings. The molecule has 20 heavy (non-hydrogen) atoms. The molecule has 1 heterocycles. The lowest BCUT2D eigenvalue weighted by Gasteiger charge is -2.35. The topological polar surface area (TPSA) is 40.6 Å². The standard InChI is InChI=1S/C11H20ClF3N2O2S/c1-2-5-17(9-11(13,14)15)20(18,19)16-6-3-4-10(7-12)8-16/h10H,2-9H2,1H3. The van der Waals surface area contributed by atoms with E-state index >= 15 is 0 Å². The smallest absolute Gasteiger partial charge is 0.195 e. The second-order valence-corrected chi connectivity index (χ2v) is 7.21. The minimum atomic E-state index is -4.54. The summed E-state index contributed by atoms with van der Waals surface area (Å²) in [6.07, 6.45) is -2.77. The summed E-state index contributed by atoms with van der Waals surface area (Å²) in [5.41, 5.74) is 0. The summed E-state index contributed by atoms with van der Waals surface area (Å²) in [6, 6.07) is 0. The molecule has 1 atom stereocenters. The Morgan fingerprint density at radius 2 is 2.05 bits per heavy atom. The van der Waals surface area contributed by atoms with Crippen molar-refractivity contribution in [3.8, 4) is 0 Å². The van der Waals surface area contributed by atoms with Gasteiger partial charge in [0.15, 0.2) is 0 Å². The first-order valence-corrected chi connectivity index (χ1v) is 8.51. The zero-order chi connectivity index (χ0) is 15.4. The Morgan fingerprint density at radius 1 is 1.40 bits per heavy atom. The fourth-order valence-electron chi connectivity index (χ4n) is 2.25. The minimum Gasteiger partial charge on any atom is -0.195 e. The molecule has 4 nitrogen and oxygen atoms in total. The van der Waals surface area contributed by atoms with E-state index in [1.54, 1.807) is 6.92 Å². The molecular formula is C11H20ClF3N2O2S. The van der Waals surface area contributed by atoms with Gasteiger partial charge >= 0.3 is 6.18 Å². The number of piperidine rings is 1. The number of halogens is 4. The van der Waals surface area contributed by atoms with Gasteiger partial charge in [0, 0.05) is 25.5 Å². The lowest BCUT2D eigenvalue weighted by Crippen LogP contribution is -2.50. The predicted octanol–water partition coefficient (Wildman–Crippen LogP) is 2.46. The number of hydrogen-bond acceptors (Lipinski definition) is 2. The van der Waals surface area contributed by atoms with Gasteiger partial charge in [-0.1, -0.05) is 6.92 Å². The second-order valence-electron chi connectivity index (χ2n) is 4.98. The van der Waals surface area contributed by atoms with E-state index in [9.17, 15) is 21.6 Å². The van der Waals surface area contributed by atoms with Crippen molar-refractivity contribution in [2.24, 2.45) is 5.92 Å². The van der Waals surface area contributed by atoms with E-state index in [0.29, 0.717) is 23.0 Å². The largest absolute Gasteiger partial charge is 0.402 e. The second kappa shape index (κ2) is 7.29. The molecule has 1 fully saturated rings. The van der Waals surface area contributed by atoms with Gasteiger partial charge in [0.2, 0.25) is 0 Å². The lowest BCUT2D eigenvalue weighted by atomic mass is 10.0. The Balaban J connectivity index is 2.86. The summed E-state index contributed by atoms with van der Waals surface area (Å²) in [7, 11) is -4.07. The molecule has 0 bridgehead atoms. The van der Waals surface area contributed by atoms with E-state index < -0.39 is 22.9 Å². The fraction of sp³-hybridized carbons (Fsp3) is 1.00. The Hall–Kier alpha value is -0.0500. The van der Waals surface area contributed by atoms with Crippen molar-refractivity contribution in [3.05, 3.63) is 0 Å². The van der Waals surface area contributed by atoms with Crippen molar-refractivity contribution in [1.82, 2.24) is 8.61 Å². The van der Waals surface area contributed by atoms with Crippen molar-refractivity contribution in [1.29, 1.82) is 0 Å². The van der Waals surface area contributed by atoms with Crippen LogP contribution in [0.2, 0.25) is 0 Å². The molecule has 1 aliphatic rings. The molecule has 0 amide bonds. The quantitative estimate of drug-likeness (QED) is 0.699. The van der Waals surface area contributed by atoms with Crippen LogP contribution in [0.4, 0.5) is 13.2 Å². The van der Waals surface area contributed by atoms with Crippen LogP contribution in [0.5, 0.6) is 0 Å². The van der Waals surface area contributed by atoms with E-state index in [4.69, 9.17) is 11.6 Å². The van der Waals surface area contributed by atoms with Crippen molar-refractivity contribution in [3.63, 3.8) is 0 Å². The van der Waals surface area contributed by atoms with Gasteiger partial charge in [0.25, 0.3) is 10.2 Å². The third kappa shape index (κ3) is 5.05. The Bertz CT molecular complexity index is 403. The molecule has 1 saturated heterocycles. The number of nitrogens with zero attached hydrogens (tertiary/aromatic N) is 2. The molecule has 0 aliphatic carbocycles. The van der Waals surface area contributed by atoms with Gasteiger partial charge in [-0.3, -0.25) is 0 Å². The highest BCUT2D eigenvalue weighted by Gasteiger charge is 2.39. The van der Waals surface area contributed by atoms with Gasteiger partial charge in [-0.2, -0.15) is 30.2 Å². The van der Waals surface area contributed by atoms with Crippen LogP contribution in [0.1, 0.15) is 26.2 Å². The zero-order valence-corrected chi connectivity index (χ0v) is 12.9. The summed E-state index contributed by atoms with van der Waals surface area (Å²) in [4.78, 5) is 0. The van der Waals surface area contributed by atoms with Gasteiger partial charge in [0.05, 0.1) is 0 Å². The molecule has 120 valence electrons. The maximum Gasteiger partial charge on any atom is 0.402 e. The zero-order valence-electron chi connectivity index (χ0n) is 11.4. The van der Waals surface area contributed by atoms with Crippen LogP contribution in [-0.2, 0) is 10.2 Å². The summed E-state index contributed by atoms with van der Waals surface area (Å²) < 4.78 is 63.9. The van der Waals surface area contributed by atoms with Crippen LogP contribution in [0.25, 0.3) is 0 Å². The fourth-order valence-corrected chi connectivity index (χ4v) is 4.31. The number of hydrogen-bond donors (Lipinski definition) is 0. The van der Waals surface area contributed by atoms with Crippen LogP contribution in [0.3, 0.4) is 0 Å². The average molecular weight is 337 g/mol. The average Bonchev–Trinajstić information content (AvgIpc) is 2.37. The van der Waals surface area contributed by atoms with Crippen molar-refractivity contribution >= 4 is 21.8 Å². The number of alkyl halides is 4. The van der Waals surface area contributed by atoms with E-state index in [-0.39, 0.29) is 25.6 Å². The van der Waals surface area contributed by atoms with Crippen LogP contribution in [-0.4, -0.2) is 55.3 Å². The molecular weight excluding hydrogens is 317 g/mol. The van der Waals surface area contributed by atoms with Gasteiger partial charge in [-0.15, -0.1) is 11.6 Å². The van der Waals surface area contributed by atoms with Gasteiger partial charge in [-0.05, 0) is 25.2 Å². The maximum absolute atomic E-state index is 12.5. The normalized spacial score (nSPS) is 22.4. The van der Waals surface area contributed by atoms with E-state index in [2.05, 4.69) is 0 Å². The SMILES string of the molecule is CCCN(CC(F)(F)F)S(=O)(=O)N1CCCC(CCl)C1. The summed E-state index contributed by atoms with van der Waals surface area (Å²) in [5, 5.41) is 0. The molecule has 0 N–H and O–H groups in total. The van der Waals surface area contributed by atoms with Crippen LogP contribution in [0, 0.1) is 5.92 Å². The first-order chi connectivity index (χ1) is 9.20. The molecule has 0 spiro atoms. The lowest BCUT2D eigenvalue weighted by molar-refractivity contribution is -0.136. The first-order valence-electron chi connectivity index (χ1n) is 6.58. The molecule has 0 aromatic heterocycles. The maximum atomic E-state index is 12.5. The highest BCUT2D eigenvalue weighted by molar-refractivity contribution is 7.86. The summed E-state index contributed by atoms with van der Waals surface area (Å²) in [6.45, 7) is 0.531. The highest BCUT2D eigenvalue weighted by atomic mass is 35.5. The van der Waals surface area contributed by atoms with Crippen molar-refractivity contribution < 1.29 is 21.6 Å². The molecule has 0 saturated carbocycles. The molecule has 1 rings (SSSR count). The highest BCUT2D eigenvalue weighted by Crippen LogP contribution is 2.25. The van der Waals surface area contributed by atoms with E-state index in [1.807, 2.05) is 0 Å². The predicted molar refractivity (Wildman–Crippen MR) is 71.9 cm³/mol. The number of rotatable bonds is 6. The van der Waals surface area contributed by atoms with Crippen molar-refractivity contribution in [2.45, 2.75) is 32.4 Å². The molecule has 9 heteroatoms. The summed E-state index contributed by atoms with van der Waals surface area (Å²) >= 11 is 5.73. The molecule has 1 aliphatic heterocycles. The molecule has 0 aromatic carbocycles. The molecule has 0 radical (unpaired) electrons. The van der Waals surface area contributed by atoms with Gasteiger partial charge in [-0.25, -0.2) is 0 Å². The van der Waals surface area contributed by atoms with E-state index in [1.165, 1.54) is 0 Å². The van der Waals surface area contributed by atoms with Gasteiger partial charge < -0.3 is 0 Å². The van der Waals surface area contributed by atoms with Crippen LogP contribution in [0.15, 0.2) is 0 Å². The van der Waals surface area contributed by atoms with E-state index in [0.717, 1.165) is 10.7 Å². The minimum absolute atomic E-state index is 0.00885. The Kier molecular flexibility index (Phi) is 6.56. The van der Waals surface area contributed by atoms with Gasteiger partial charge in [0.1, 0.15) is 6.54 Å².